The summed E-state index contributed by atoms with van der Waals surface area (Å²) >= 11 is 12.4. The van der Waals surface area contributed by atoms with Gasteiger partial charge in [0.15, 0.2) is 11.8 Å². The van der Waals surface area contributed by atoms with Gasteiger partial charge in [0, 0.05) is 22.4 Å². The van der Waals surface area contributed by atoms with Crippen LogP contribution in [0.4, 0.5) is 0 Å². The summed E-state index contributed by atoms with van der Waals surface area (Å²) in [5.74, 6) is 0.744. The van der Waals surface area contributed by atoms with E-state index in [1.165, 1.54) is 0 Å². The minimum Gasteiger partial charge on any atom is -0.490 e. The summed E-state index contributed by atoms with van der Waals surface area (Å²) in [6.07, 6.45) is 4.79. The third kappa shape index (κ3) is 3.63. The van der Waals surface area contributed by atoms with Crippen LogP contribution in [-0.2, 0) is 15.0 Å². The van der Waals surface area contributed by atoms with Crippen molar-refractivity contribution in [3.63, 3.8) is 0 Å². The number of ether oxygens (including phenoxy) is 3. The first-order chi connectivity index (χ1) is 13.6. The normalized spacial score (nSPS) is 16.8. The molecule has 1 aromatic heterocycles. The number of hydrogen-bond acceptors (Lipinski definition) is 4. The Morgan fingerprint density at radius 2 is 1.93 bits per heavy atom. The number of imidazole rings is 1. The van der Waals surface area contributed by atoms with Gasteiger partial charge >= 0.3 is 0 Å². The maximum Gasteiger partial charge on any atom is 0.188 e. The minimum absolute atomic E-state index is 0.261. The SMILES string of the molecule is Cc1cc(Cl)ccc1OCC(c1cccc(Cl)c1)(C1OCCO1)n1ccnc1. The zero-order valence-electron chi connectivity index (χ0n) is 15.3. The molecule has 0 radical (unpaired) electrons. The van der Waals surface area contributed by atoms with Gasteiger partial charge in [-0.3, -0.25) is 0 Å². The molecule has 146 valence electrons. The fourth-order valence-corrected chi connectivity index (χ4v) is 3.90. The fraction of sp³-hybridized carbons (Fsp3) is 0.286. The molecule has 1 atom stereocenters. The first-order valence-corrected chi connectivity index (χ1v) is 9.72. The van der Waals surface area contributed by atoms with Gasteiger partial charge in [0.2, 0.25) is 0 Å². The Morgan fingerprint density at radius 3 is 2.61 bits per heavy atom. The lowest BCUT2D eigenvalue weighted by Crippen LogP contribution is -2.51. The number of aromatic nitrogens is 2. The number of hydrogen-bond donors (Lipinski definition) is 0. The van der Waals surface area contributed by atoms with Crippen molar-refractivity contribution >= 4 is 23.2 Å². The molecule has 2 aromatic carbocycles. The van der Waals surface area contributed by atoms with E-state index in [1.807, 2.05) is 60.2 Å². The zero-order chi connectivity index (χ0) is 19.6. The highest BCUT2D eigenvalue weighted by atomic mass is 35.5. The van der Waals surface area contributed by atoms with E-state index >= 15 is 0 Å². The van der Waals surface area contributed by atoms with E-state index in [1.54, 1.807) is 12.5 Å². The zero-order valence-corrected chi connectivity index (χ0v) is 16.9. The molecule has 1 saturated heterocycles. The molecular formula is C21H20Cl2N2O3. The summed E-state index contributed by atoms with van der Waals surface area (Å²) in [7, 11) is 0. The fourth-order valence-electron chi connectivity index (χ4n) is 3.48. The van der Waals surface area contributed by atoms with E-state index in [2.05, 4.69) is 4.98 Å². The van der Waals surface area contributed by atoms with Crippen molar-refractivity contribution < 1.29 is 14.2 Å². The number of nitrogens with zero attached hydrogens (tertiary/aromatic N) is 2. The Balaban J connectivity index is 1.79. The molecule has 1 fully saturated rings. The van der Waals surface area contributed by atoms with Crippen LogP contribution in [-0.4, -0.2) is 35.7 Å². The van der Waals surface area contributed by atoms with Crippen molar-refractivity contribution in [2.45, 2.75) is 18.8 Å². The highest BCUT2D eigenvalue weighted by Crippen LogP contribution is 2.37. The first kappa shape index (κ1) is 19.3. The standard InChI is InChI=1S/C21H20Cl2N2O3/c1-15-11-18(23)5-6-19(15)28-13-21(20-26-9-10-27-20,25-8-7-24-14-25)16-3-2-4-17(22)12-16/h2-8,11-12,14,20H,9-10,13H2,1H3. The summed E-state index contributed by atoms with van der Waals surface area (Å²) in [6.45, 7) is 3.25. The second-order valence-electron chi connectivity index (χ2n) is 6.68. The Kier molecular flexibility index (Phi) is 5.60. The predicted molar refractivity (Wildman–Crippen MR) is 108 cm³/mol. The molecule has 1 unspecified atom stereocenters. The molecule has 5 nitrogen and oxygen atoms in total. The number of halogens is 2. The summed E-state index contributed by atoms with van der Waals surface area (Å²) in [4.78, 5) is 4.24. The van der Waals surface area contributed by atoms with Gasteiger partial charge in [-0.05, 0) is 48.4 Å². The molecule has 2 heterocycles. The maximum atomic E-state index is 6.32. The van der Waals surface area contributed by atoms with Gasteiger partial charge in [0.1, 0.15) is 12.4 Å². The average molecular weight is 419 g/mol. The van der Waals surface area contributed by atoms with Gasteiger partial charge in [-0.25, -0.2) is 4.98 Å². The van der Waals surface area contributed by atoms with Gasteiger partial charge in [-0.2, -0.15) is 0 Å². The molecule has 0 aliphatic carbocycles. The van der Waals surface area contributed by atoms with Crippen LogP contribution < -0.4 is 4.74 Å². The molecule has 1 aliphatic rings. The monoisotopic (exact) mass is 418 g/mol. The van der Waals surface area contributed by atoms with Crippen molar-refractivity contribution in [1.29, 1.82) is 0 Å². The minimum atomic E-state index is -0.802. The van der Waals surface area contributed by atoms with Crippen molar-refractivity contribution in [3.05, 3.63) is 82.4 Å². The van der Waals surface area contributed by atoms with Crippen LogP contribution in [0.5, 0.6) is 5.75 Å². The molecule has 3 aromatic rings. The second kappa shape index (κ2) is 8.13. The van der Waals surface area contributed by atoms with Gasteiger partial charge in [0.05, 0.1) is 19.5 Å². The van der Waals surface area contributed by atoms with Gasteiger partial charge in [-0.1, -0.05) is 35.3 Å². The molecular weight excluding hydrogens is 399 g/mol. The number of benzene rings is 2. The van der Waals surface area contributed by atoms with Crippen LogP contribution >= 0.6 is 23.2 Å². The lowest BCUT2D eigenvalue weighted by molar-refractivity contribution is -0.121. The van der Waals surface area contributed by atoms with E-state index in [9.17, 15) is 0 Å². The summed E-state index contributed by atoms with van der Waals surface area (Å²) in [5.41, 5.74) is 1.06. The quantitative estimate of drug-likeness (QED) is 0.582. The molecule has 1 aliphatic heterocycles. The van der Waals surface area contributed by atoms with E-state index in [0.29, 0.717) is 23.3 Å². The van der Waals surface area contributed by atoms with Crippen molar-refractivity contribution in [1.82, 2.24) is 9.55 Å². The van der Waals surface area contributed by atoms with Crippen LogP contribution in [0.2, 0.25) is 10.0 Å². The highest BCUT2D eigenvalue weighted by molar-refractivity contribution is 6.30. The van der Waals surface area contributed by atoms with Gasteiger partial charge in [0.25, 0.3) is 0 Å². The van der Waals surface area contributed by atoms with Crippen molar-refractivity contribution in [3.8, 4) is 5.75 Å². The van der Waals surface area contributed by atoms with Crippen LogP contribution in [0, 0.1) is 6.92 Å². The molecule has 0 amide bonds. The Hall–Kier alpha value is -2.05. The molecule has 4 rings (SSSR count). The van der Waals surface area contributed by atoms with Crippen LogP contribution in [0.1, 0.15) is 11.1 Å². The van der Waals surface area contributed by atoms with Crippen molar-refractivity contribution in [2.75, 3.05) is 19.8 Å². The van der Waals surface area contributed by atoms with E-state index < -0.39 is 11.8 Å². The average Bonchev–Trinajstić information content (AvgIpc) is 3.38. The van der Waals surface area contributed by atoms with E-state index in [-0.39, 0.29) is 6.61 Å². The third-order valence-electron chi connectivity index (χ3n) is 4.89. The maximum absolute atomic E-state index is 6.32. The topological polar surface area (TPSA) is 45.5 Å². The Labute approximate surface area is 173 Å². The number of aryl methyl sites for hydroxylation is 1. The van der Waals surface area contributed by atoms with Gasteiger partial charge < -0.3 is 18.8 Å². The molecule has 28 heavy (non-hydrogen) atoms. The lowest BCUT2D eigenvalue weighted by atomic mass is 9.89. The third-order valence-corrected chi connectivity index (χ3v) is 5.36. The first-order valence-electron chi connectivity index (χ1n) is 8.96. The van der Waals surface area contributed by atoms with E-state index in [4.69, 9.17) is 37.4 Å². The molecule has 0 bridgehead atoms. The number of rotatable bonds is 6. The summed E-state index contributed by atoms with van der Waals surface area (Å²) in [6, 6.07) is 13.2. The predicted octanol–water partition coefficient (Wildman–Crippen LogP) is 4.69. The summed E-state index contributed by atoms with van der Waals surface area (Å²) < 4.78 is 20.2. The molecule has 7 heteroatoms. The Bertz CT molecular complexity index is 943. The van der Waals surface area contributed by atoms with Crippen LogP contribution in [0.3, 0.4) is 0 Å². The lowest BCUT2D eigenvalue weighted by Gasteiger charge is -2.39. The molecule has 0 saturated carbocycles. The smallest absolute Gasteiger partial charge is 0.188 e. The molecule has 0 N–H and O–H groups in total. The highest BCUT2D eigenvalue weighted by Gasteiger charge is 2.47. The summed E-state index contributed by atoms with van der Waals surface area (Å²) in [5, 5.41) is 1.30. The van der Waals surface area contributed by atoms with Gasteiger partial charge in [-0.15, -0.1) is 0 Å². The largest absolute Gasteiger partial charge is 0.490 e. The van der Waals surface area contributed by atoms with E-state index in [0.717, 1.165) is 16.9 Å². The van der Waals surface area contributed by atoms with Crippen LogP contribution in [0.15, 0.2) is 61.2 Å². The molecule has 0 spiro atoms. The van der Waals surface area contributed by atoms with Crippen LogP contribution in [0.25, 0.3) is 0 Å². The van der Waals surface area contributed by atoms with Crippen molar-refractivity contribution in [2.24, 2.45) is 0 Å². The Morgan fingerprint density at radius 1 is 1.14 bits per heavy atom. The second-order valence-corrected chi connectivity index (χ2v) is 7.55.